The average molecular weight is 296 g/mol. The number of amides is 1. The second-order valence-electron chi connectivity index (χ2n) is 4.21. The molecule has 3 nitrogen and oxygen atoms in total. The van der Waals surface area contributed by atoms with Gasteiger partial charge >= 0.3 is 0 Å². The summed E-state index contributed by atoms with van der Waals surface area (Å²) in [5.74, 6) is 0.0439. The zero-order chi connectivity index (χ0) is 13.8. The molecule has 0 unspecified atom stereocenters. The highest BCUT2D eigenvalue weighted by atomic mass is 35.5. The number of benzene rings is 1. The van der Waals surface area contributed by atoms with Gasteiger partial charge in [-0.3, -0.25) is 4.79 Å². The second-order valence-corrected chi connectivity index (χ2v) is 6.01. The van der Waals surface area contributed by atoms with Gasteiger partial charge in [-0.1, -0.05) is 11.6 Å². The van der Waals surface area contributed by atoms with Gasteiger partial charge in [0, 0.05) is 17.0 Å². The third-order valence-corrected chi connectivity index (χ3v) is 4.03. The van der Waals surface area contributed by atoms with E-state index < -0.39 is 0 Å². The van der Waals surface area contributed by atoms with Gasteiger partial charge in [-0.25, -0.2) is 0 Å². The van der Waals surface area contributed by atoms with Crippen molar-refractivity contribution in [1.82, 2.24) is 5.32 Å². The molecule has 0 atom stereocenters. The van der Waals surface area contributed by atoms with Crippen LogP contribution >= 0.6 is 22.9 Å². The molecule has 2 aromatic rings. The molecular formula is C14H14ClNO2S. The van der Waals surface area contributed by atoms with Crippen LogP contribution in [0.25, 0.3) is 0 Å². The minimum Gasteiger partial charge on any atom is -0.508 e. The number of phenols is 1. The van der Waals surface area contributed by atoms with Gasteiger partial charge < -0.3 is 10.4 Å². The SMILES string of the molecule is Cc1cc(O)ccc1C(=O)NCCc1ccc(Cl)s1. The summed E-state index contributed by atoms with van der Waals surface area (Å²) < 4.78 is 0.760. The molecule has 0 radical (unpaired) electrons. The lowest BCUT2D eigenvalue weighted by Crippen LogP contribution is -2.26. The van der Waals surface area contributed by atoms with Crippen LogP contribution in [0.3, 0.4) is 0 Å². The normalized spacial score (nSPS) is 10.4. The fraction of sp³-hybridized carbons (Fsp3) is 0.214. The number of aromatic hydroxyl groups is 1. The zero-order valence-electron chi connectivity index (χ0n) is 10.4. The van der Waals surface area contributed by atoms with Crippen molar-refractivity contribution < 1.29 is 9.90 Å². The molecule has 1 aromatic heterocycles. The van der Waals surface area contributed by atoms with Crippen molar-refractivity contribution in [3.05, 3.63) is 50.7 Å². The van der Waals surface area contributed by atoms with E-state index >= 15 is 0 Å². The van der Waals surface area contributed by atoms with Crippen molar-refractivity contribution in [2.75, 3.05) is 6.54 Å². The Bertz CT molecular complexity index is 595. The standard InChI is InChI=1S/C14H14ClNO2S/c1-9-8-10(17)2-4-12(9)14(18)16-7-6-11-3-5-13(15)19-11/h2-5,8,17H,6-7H2,1H3,(H,16,18). The topological polar surface area (TPSA) is 49.3 Å². The van der Waals surface area contributed by atoms with Gasteiger partial charge in [-0.2, -0.15) is 0 Å². The predicted molar refractivity (Wildman–Crippen MR) is 78.2 cm³/mol. The first kappa shape index (κ1) is 13.9. The number of halogens is 1. The fourth-order valence-corrected chi connectivity index (χ4v) is 2.87. The summed E-state index contributed by atoms with van der Waals surface area (Å²) >= 11 is 7.36. The molecule has 100 valence electrons. The number of thiophene rings is 1. The highest BCUT2D eigenvalue weighted by Crippen LogP contribution is 2.21. The Kier molecular flexibility index (Phi) is 4.45. The first-order valence-corrected chi connectivity index (χ1v) is 7.08. The molecule has 1 aromatic carbocycles. The summed E-state index contributed by atoms with van der Waals surface area (Å²) in [5.41, 5.74) is 1.35. The number of nitrogens with one attached hydrogen (secondary N) is 1. The number of rotatable bonds is 4. The molecule has 1 amide bonds. The van der Waals surface area contributed by atoms with Crippen molar-refractivity contribution in [2.45, 2.75) is 13.3 Å². The number of phenolic OH excluding ortho intramolecular Hbond substituents is 1. The lowest BCUT2D eigenvalue weighted by Gasteiger charge is -2.07. The summed E-state index contributed by atoms with van der Waals surface area (Å²) in [4.78, 5) is 13.1. The molecule has 0 fully saturated rings. The smallest absolute Gasteiger partial charge is 0.251 e. The van der Waals surface area contributed by atoms with Crippen LogP contribution in [0.2, 0.25) is 4.34 Å². The molecule has 5 heteroatoms. The molecule has 19 heavy (non-hydrogen) atoms. The van der Waals surface area contributed by atoms with Crippen LogP contribution in [0.5, 0.6) is 5.75 Å². The Balaban J connectivity index is 1.90. The molecule has 2 rings (SSSR count). The van der Waals surface area contributed by atoms with E-state index in [2.05, 4.69) is 5.32 Å². The molecule has 0 aliphatic rings. The van der Waals surface area contributed by atoms with Crippen molar-refractivity contribution in [1.29, 1.82) is 0 Å². The summed E-state index contributed by atoms with van der Waals surface area (Å²) in [7, 11) is 0. The van der Waals surface area contributed by atoms with Crippen LogP contribution in [-0.4, -0.2) is 17.6 Å². The van der Waals surface area contributed by atoms with E-state index in [4.69, 9.17) is 11.6 Å². The Labute approximate surface area is 120 Å². The first-order valence-electron chi connectivity index (χ1n) is 5.88. The summed E-state index contributed by atoms with van der Waals surface area (Å²) in [6, 6.07) is 8.54. The highest BCUT2D eigenvalue weighted by Gasteiger charge is 2.09. The van der Waals surface area contributed by atoms with Crippen LogP contribution in [0.1, 0.15) is 20.8 Å². The van der Waals surface area contributed by atoms with Crippen LogP contribution in [0.15, 0.2) is 30.3 Å². The average Bonchev–Trinajstić information content (AvgIpc) is 2.75. The number of hydrogen-bond acceptors (Lipinski definition) is 3. The molecule has 0 aliphatic heterocycles. The minimum absolute atomic E-state index is 0.125. The minimum atomic E-state index is -0.125. The van der Waals surface area contributed by atoms with Crippen molar-refractivity contribution in [3.63, 3.8) is 0 Å². The Morgan fingerprint density at radius 1 is 1.37 bits per heavy atom. The number of hydrogen-bond donors (Lipinski definition) is 2. The van der Waals surface area contributed by atoms with Gasteiger partial charge in [0.05, 0.1) is 4.34 Å². The Morgan fingerprint density at radius 2 is 2.16 bits per heavy atom. The molecule has 2 N–H and O–H groups in total. The number of carbonyl (C=O) groups is 1. The third-order valence-electron chi connectivity index (χ3n) is 2.74. The predicted octanol–water partition coefficient (Wildman–Crippen LogP) is 3.39. The molecule has 0 saturated heterocycles. The molecule has 0 bridgehead atoms. The molecule has 0 spiro atoms. The van der Waals surface area contributed by atoms with Gasteiger partial charge in [0.25, 0.3) is 5.91 Å². The van der Waals surface area contributed by atoms with Crippen molar-refractivity contribution in [2.24, 2.45) is 0 Å². The van der Waals surface area contributed by atoms with E-state index in [0.29, 0.717) is 12.1 Å². The first-order chi connectivity index (χ1) is 9.06. The quantitative estimate of drug-likeness (QED) is 0.908. The molecule has 0 saturated carbocycles. The van der Waals surface area contributed by atoms with Gasteiger partial charge in [0.15, 0.2) is 0 Å². The van der Waals surface area contributed by atoms with Gasteiger partial charge in [0.2, 0.25) is 0 Å². The van der Waals surface area contributed by atoms with Crippen molar-refractivity contribution >= 4 is 28.8 Å². The number of carbonyl (C=O) groups excluding carboxylic acids is 1. The van der Waals surface area contributed by atoms with Crippen molar-refractivity contribution in [3.8, 4) is 5.75 Å². The third kappa shape index (κ3) is 3.72. The lowest BCUT2D eigenvalue weighted by atomic mass is 10.1. The van der Waals surface area contributed by atoms with Crippen LogP contribution < -0.4 is 5.32 Å². The van der Waals surface area contributed by atoms with E-state index in [0.717, 1.165) is 21.2 Å². The van der Waals surface area contributed by atoms with Gasteiger partial charge in [-0.05, 0) is 49.2 Å². The monoisotopic (exact) mass is 295 g/mol. The second kappa shape index (κ2) is 6.08. The summed E-state index contributed by atoms with van der Waals surface area (Å²) in [6.45, 7) is 2.36. The van der Waals surface area contributed by atoms with E-state index in [-0.39, 0.29) is 11.7 Å². The molecule has 1 heterocycles. The maximum absolute atomic E-state index is 12.0. The maximum atomic E-state index is 12.0. The summed E-state index contributed by atoms with van der Waals surface area (Å²) in [5, 5.41) is 12.2. The van der Waals surface area contributed by atoms with E-state index in [1.54, 1.807) is 19.1 Å². The fourth-order valence-electron chi connectivity index (χ4n) is 1.78. The van der Waals surface area contributed by atoms with Crippen LogP contribution in [0, 0.1) is 6.92 Å². The molecular weight excluding hydrogens is 282 g/mol. The van der Waals surface area contributed by atoms with E-state index in [1.807, 2.05) is 12.1 Å². The Morgan fingerprint density at radius 3 is 2.79 bits per heavy atom. The Hall–Kier alpha value is -1.52. The van der Waals surface area contributed by atoms with E-state index in [1.165, 1.54) is 17.4 Å². The largest absolute Gasteiger partial charge is 0.508 e. The van der Waals surface area contributed by atoms with Crippen LogP contribution in [0.4, 0.5) is 0 Å². The van der Waals surface area contributed by atoms with Crippen LogP contribution in [-0.2, 0) is 6.42 Å². The van der Waals surface area contributed by atoms with Gasteiger partial charge in [0.1, 0.15) is 5.75 Å². The molecule has 0 aliphatic carbocycles. The van der Waals surface area contributed by atoms with Gasteiger partial charge in [-0.15, -0.1) is 11.3 Å². The number of aryl methyl sites for hydroxylation is 1. The van der Waals surface area contributed by atoms with E-state index in [9.17, 15) is 9.90 Å². The highest BCUT2D eigenvalue weighted by molar-refractivity contribution is 7.16. The summed E-state index contributed by atoms with van der Waals surface area (Å²) in [6.07, 6.45) is 0.764. The zero-order valence-corrected chi connectivity index (χ0v) is 12.0. The maximum Gasteiger partial charge on any atom is 0.251 e. The lowest BCUT2D eigenvalue weighted by molar-refractivity contribution is 0.0953.